The van der Waals surface area contributed by atoms with Crippen LogP contribution >= 0.6 is 11.8 Å². The lowest BCUT2D eigenvalue weighted by molar-refractivity contribution is -0.120. The van der Waals surface area contributed by atoms with Crippen LogP contribution in [0, 0.1) is 5.82 Å². The summed E-state index contributed by atoms with van der Waals surface area (Å²) in [4.78, 5) is 15.3. The summed E-state index contributed by atoms with van der Waals surface area (Å²) in [5, 5.41) is 2.92. The summed E-state index contributed by atoms with van der Waals surface area (Å²) in [6, 6.07) is 13.7. The molecule has 0 saturated heterocycles. The predicted molar refractivity (Wildman–Crippen MR) is 101 cm³/mol. The van der Waals surface area contributed by atoms with E-state index in [4.69, 9.17) is 4.74 Å². The molecule has 0 fully saturated rings. The molecule has 134 valence electrons. The summed E-state index contributed by atoms with van der Waals surface area (Å²) in [5.41, 5.74) is 0.778. The molecule has 2 aromatic rings. The number of para-hydroxylation sites is 1. The maximum Gasteiger partial charge on any atom is 0.241 e. The fourth-order valence-electron chi connectivity index (χ4n) is 2.20. The summed E-state index contributed by atoms with van der Waals surface area (Å²) in [6.07, 6.45) is 1.99. The highest BCUT2D eigenvalue weighted by molar-refractivity contribution is 7.98. The Balaban J connectivity index is 1.83. The minimum Gasteiger partial charge on any atom is -0.489 e. The number of likely N-dealkylation sites (N-methyl/N-ethyl adjacent to an activating group) is 1. The summed E-state index contributed by atoms with van der Waals surface area (Å²) in [7, 11) is 1.84. The average Bonchev–Trinajstić information content (AvgIpc) is 2.62. The molecule has 1 N–H and O–H groups in total. The van der Waals surface area contributed by atoms with E-state index >= 15 is 0 Å². The lowest BCUT2D eigenvalue weighted by Crippen LogP contribution is -2.41. The van der Waals surface area contributed by atoms with Crippen LogP contribution in [0.4, 0.5) is 10.1 Å². The number of amides is 1. The molecule has 25 heavy (non-hydrogen) atoms. The number of benzene rings is 2. The van der Waals surface area contributed by atoms with Crippen molar-refractivity contribution in [1.82, 2.24) is 4.90 Å². The fraction of sp³-hybridized carbons (Fsp3) is 0.316. The first-order valence-corrected chi connectivity index (χ1v) is 9.26. The van der Waals surface area contributed by atoms with E-state index in [1.165, 1.54) is 6.07 Å². The third kappa shape index (κ3) is 5.76. The molecule has 1 unspecified atom stereocenters. The van der Waals surface area contributed by atoms with Gasteiger partial charge in [-0.1, -0.05) is 18.2 Å². The minimum atomic E-state index is -0.385. The molecule has 0 aliphatic heterocycles. The molecule has 1 amide bonds. The van der Waals surface area contributed by atoms with E-state index in [2.05, 4.69) is 5.32 Å². The van der Waals surface area contributed by atoms with Crippen molar-refractivity contribution in [3.63, 3.8) is 0 Å². The number of halogens is 1. The number of carbonyl (C=O) groups excluding carboxylic acids is 1. The van der Waals surface area contributed by atoms with Crippen LogP contribution in [0.15, 0.2) is 53.4 Å². The van der Waals surface area contributed by atoms with Crippen molar-refractivity contribution < 1.29 is 13.9 Å². The van der Waals surface area contributed by atoms with Crippen molar-refractivity contribution in [2.75, 3.05) is 31.8 Å². The van der Waals surface area contributed by atoms with Crippen molar-refractivity contribution in [1.29, 1.82) is 0 Å². The van der Waals surface area contributed by atoms with Crippen LogP contribution in [0.1, 0.15) is 6.92 Å². The molecule has 4 nitrogen and oxygen atoms in total. The number of nitrogens with one attached hydrogen (secondary N) is 1. The fourth-order valence-corrected chi connectivity index (χ4v) is 2.66. The largest absolute Gasteiger partial charge is 0.489 e. The Morgan fingerprint density at radius 3 is 2.76 bits per heavy atom. The molecule has 0 aliphatic carbocycles. The monoisotopic (exact) mass is 362 g/mol. The number of carbonyl (C=O) groups is 1. The second-order valence-electron chi connectivity index (χ2n) is 5.66. The molecule has 0 heterocycles. The van der Waals surface area contributed by atoms with Crippen LogP contribution in [0.25, 0.3) is 0 Å². The first-order chi connectivity index (χ1) is 12.0. The first kappa shape index (κ1) is 19.3. The molecule has 6 heteroatoms. The zero-order chi connectivity index (χ0) is 18.2. The summed E-state index contributed by atoms with van der Waals surface area (Å²) < 4.78 is 18.9. The van der Waals surface area contributed by atoms with Crippen LogP contribution in [0.2, 0.25) is 0 Å². The van der Waals surface area contributed by atoms with Gasteiger partial charge in [0.05, 0.1) is 6.04 Å². The lowest BCUT2D eigenvalue weighted by atomic mass is 10.2. The van der Waals surface area contributed by atoms with E-state index < -0.39 is 0 Å². The van der Waals surface area contributed by atoms with Crippen molar-refractivity contribution in [2.24, 2.45) is 0 Å². The van der Waals surface area contributed by atoms with Crippen molar-refractivity contribution in [3.05, 3.63) is 54.3 Å². The molecular weight excluding hydrogens is 339 g/mol. The second kappa shape index (κ2) is 9.44. The van der Waals surface area contributed by atoms with E-state index in [0.29, 0.717) is 13.2 Å². The molecule has 0 spiro atoms. The lowest BCUT2D eigenvalue weighted by Gasteiger charge is -2.24. The van der Waals surface area contributed by atoms with Crippen molar-refractivity contribution in [2.45, 2.75) is 17.9 Å². The van der Waals surface area contributed by atoms with E-state index in [1.807, 2.05) is 49.4 Å². The van der Waals surface area contributed by atoms with Crippen molar-refractivity contribution in [3.8, 4) is 5.75 Å². The highest BCUT2D eigenvalue weighted by atomic mass is 32.2. The zero-order valence-corrected chi connectivity index (χ0v) is 15.5. The standard InChI is InChI=1S/C19H23FN2O2S/c1-14(19(23)21-15-7-6-8-16(13-15)25-3)22(2)11-12-24-18-10-5-4-9-17(18)20/h4-10,13-14H,11-12H2,1-3H3,(H,21,23). The van der Waals surface area contributed by atoms with Gasteiger partial charge < -0.3 is 10.1 Å². The zero-order valence-electron chi connectivity index (χ0n) is 14.7. The minimum absolute atomic E-state index is 0.0911. The normalized spacial score (nSPS) is 12.0. The third-order valence-electron chi connectivity index (χ3n) is 3.92. The Labute approximate surface area is 152 Å². The molecule has 0 aromatic heterocycles. The highest BCUT2D eigenvalue weighted by Crippen LogP contribution is 2.19. The maximum absolute atomic E-state index is 13.5. The molecule has 0 saturated carbocycles. The van der Waals surface area contributed by atoms with E-state index in [9.17, 15) is 9.18 Å². The van der Waals surface area contributed by atoms with Gasteiger partial charge in [0.25, 0.3) is 0 Å². The van der Waals surface area contributed by atoms with E-state index in [-0.39, 0.29) is 23.5 Å². The van der Waals surface area contributed by atoms with Gasteiger partial charge in [-0.2, -0.15) is 0 Å². The first-order valence-electron chi connectivity index (χ1n) is 8.03. The average molecular weight is 362 g/mol. The Morgan fingerprint density at radius 2 is 2.04 bits per heavy atom. The number of thioether (sulfide) groups is 1. The van der Waals surface area contributed by atoms with Gasteiger partial charge in [0, 0.05) is 17.1 Å². The Hall–Kier alpha value is -2.05. The van der Waals surface area contributed by atoms with Gasteiger partial charge >= 0.3 is 0 Å². The van der Waals surface area contributed by atoms with Crippen LogP contribution in [0.5, 0.6) is 5.75 Å². The second-order valence-corrected chi connectivity index (χ2v) is 6.54. The van der Waals surface area contributed by atoms with Gasteiger partial charge in [-0.3, -0.25) is 9.69 Å². The van der Waals surface area contributed by atoms with Crippen LogP contribution in [-0.4, -0.2) is 43.3 Å². The number of rotatable bonds is 8. The number of anilines is 1. The maximum atomic E-state index is 13.5. The SMILES string of the molecule is CSc1cccc(NC(=O)C(C)N(C)CCOc2ccccc2F)c1. The third-order valence-corrected chi connectivity index (χ3v) is 4.64. The van der Waals surface area contributed by atoms with Gasteiger partial charge in [0.2, 0.25) is 5.91 Å². The van der Waals surface area contributed by atoms with Gasteiger partial charge in [-0.05, 0) is 50.6 Å². The van der Waals surface area contributed by atoms with Crippen LogP contribution in [0.3, 0.4) is 0 Å². The molecule has 0 bridgehead atoms. The molecule has 2 rings (SSSR count). The molecule has 1 atom stereocenters. The van der Waals surface area contributed by atoms with E-state index in [0.717, 1.165) is 10.6 Å². The summed E-state index contributed by atoms with van der Waals surface area (Å²) in [5.74, 6) is -0.252. The number of hydrogen-bond acceptors (Lipinski definition) is 4. The highest BCUT2D eigenvalue weighted by Gasteiger charge is 2.18. The molecule has 0 radical (unpaired) electrons. The van der Waals surface area contributed by atoms with Gasteiger partial charge in [0.15, 0.2) is 11.6 Å². The smallest absolute Gasteiger partial charge is 0.241 e. The van der Waals surface area contributed by atoms with Crippen LogP contribution in [-0.2, 0) is 4.79 Å². The number of nitrogens with zero attached hydrogens (tertiary/aromatic N) is 1. The van der Waals surface area contributed by atoms with Crippen molar-refractivity contribution >= 4 is 23.4 Å². The van der Waals surface area contributed by atoms with E-state index in [1.54, 1.807) is 30.0 Å². The molecule has 0 aliphatic rings. The van der Waals surface area contributed by atoms with Gasteiger partial charge in [0.1, 0.15) is 6.61 Å². The quantitative estimate of drug-likeness (QED) is 0.724. The molecule has 2 aromatic carbocycles. The Kier molecular flexibility index (Phi) is 7.28. The van der Waals surface area contributed by atoms with Crippen LogP contribution < -0.4 is 10.1 Å². The van der Waals surface area contributed by atoms with Gasteiger partial charge in [-0.25, -0.2) is 4.39 Å². The Morgan fingerprint density at radius 1 is 1.28 bits per heavy atom. The van der Waals surface area contributed by atoms with Gasteiger partial charge in [-0.15, -0.1) is 11.8 Å². The number of ether oxygens (including phenoxy) is 1. The summed E-state index contributed by atoms with van der Waals surface area (Å²) in [6.45, 7) is 2.64. The number of hydrogen-bond donors (Lipinski definition) is 1. The molecular formula is C19H23FN2O2S. The predicted octanol–water partition coefficient (Wildman–Crippen LogP) is 3.89. The Bertz CT molecular complexity index is 711. The topological polar surface area (TPSA) is 41.6 Å². The summed E-state index contributed by atoms with van der Waals surface area (Å²) >= 11 is 1.63.